The van der Waals surface area contributed by atoms with Crippen LogP contribution >= 0.6 is 11.5 Å². The van der Waals surface area contributed by atoms with Crippen molar-refractivity contribution in [2.45, 2.75) is 25.9 Å². The lowest BCUT2D eigenvalue weighted by molar-refractivity contribution is 0.173. The largest absolute Gasteiger partial charge is 0.386 e. The highest BCUT2D eigenvalue weighted by molar-refractivity contribution is 7.03. The molecule has 1 heterocycles. The van der Waals surface area contributed by atoms with E-state index in [-0.39, 0.29) is 0 Å². The normalized spacial score (nSPS) is 12.6. The number of aliphatic hydroxyl groups is 1. The van der Waals surface area contributed by atoms with Crippen molar-refractivity contribution in [1.82, 2.24) is 9.59 Å². The number of aryl methyl sites for hydroxylation is 1. The van der Waals surface area contributed by atoms with Gasteiger partial charge in [-0.3, -0.25) is 0 Å². The van der Waals surface area contributed by atoms with Crippen molar-refractivity contribution in [2.75, 3.05) is 0 Å². The fraction of sp³-hybridized carbons (Fsp3) is 0.333. The summed E-state index contributed by atoms with van der Waals surface area (Å²) in [5.41, 5.74) is 3.09. The van der Waals surface area contributed by atoms with Crippen molar-refractivity contribution < 1.29 is 5.11 Å². The first kappa shape index (κ1) is 11.2. The fourth-order valence-electron chi connectivity index (χ4n) is 1.56. The lowest BCUT2D eigenvalue weighted by atomic mass is 10.0. The molecule has 1 atom stereocenters. The number of hydrogen-bond acceptors (Lipinski definition) is 4. The fourth-order valence-corrected chi connectivity index (χ4v) is 2.06. The van der Waals surface area contributed by atoms with E-state index in [2.05, 4.69) is 40.8 Å². The van der Waals surface area contributed by atoms with Crippen molar-refractivity contribution in [2.24, 2.45) is 0 Å². The Morgan fingerprint density at radius 1 is 1.25 bits per heavy atom. The van der Waals surface area contributed by atoms with Crippen molar-refractivity contribution in [3.05, 3.63) is 46.5 Å². The molecule has 1 unspecified atom stereocenters. The standard InChI is InChI=1S/C12H14N2OS/c1-2-9-3-5-10(6-4-9)7-12(15)11-8-16-14-13-11/h3-6,8,12,15H,2,7H2,1H3. The van der Waals surface area contributed by atoms with Gasteiger partial charge in [0, 0.05) is 11.8 Å². The number of nitrogens with zero attached hydrogens (tertiary/aromatic N) is 2. The molecule has 4 heteroatoms. The van der Waals surface area contributed by atoms with Crippen LogP contribution in [-0.2, 0) is 12.8 Å². The second-order valence-electron chi connectivity index (χ2n) is 3.72. The van der Waals surface area contributed by atoms with Gasteiger partial charge in [-0.05, 0) is 29.1 Å². The molecular formula is C12H14N2OS. The van der Waals surface area contributed by atoms with E-state index in [9.17, 15) is 5.11 Å². The molecule has 0 bridgehead atoms. The summed E-state index contributed by atoms with van der Waals surface area (Å²) < 4.78 is 3.74. The molecule has 0 saturated carbocycles. The molecule has 0 saturated heterocycles. The Labute approximate surface area is 98.9 Å². The summed E-state index contributed by atoms with van der Waals surface area (Å²) in [6, 6.07) is 8.31. The van der Waals surface area contributed by atoms with Crippen molar-refractivity contribution >= 4 is 11.5 Å². The number of aliphatic hydroxyl groups excluding tert-OH is 1. The second kappa shape index (κ2) is 5.18. The summed E-state index contributed by atoms with van der Waals surface area (Å²) >= 11 is 1.26. The lowest BCUT2D eigenvalue weighted by Crippen LogP contribution is -2.02. The van der Waals surface area contributed by atoms with Gasteiger partial charge in [-0.25, -0.2) is 0 Å². The number of benzene rings is 1. The van der Waals surface area contributed by atoms with E-state index in [1.165, 1.54) is 17.1 Å². The summed E-state index contributed by atoms with van der Waals surface area (Å²) in [5, 5.41) is 15.5. The van der Waals surface area contributed by atoms with Crippen molar-refractivity contribution in [1.29, 1.82) is 0 Å². The van der Waals surface area contributed by atoms with Gasteiger partial charge in [0.2, 0.25) is 0 Å². The predicted octanol–water partition coefficient (Wildman–Crippen LogP) is 2.38. The van der Waals surface area contributed by atoms with E-state index in [0.29, 0.717) is 12.1 Å². The highest BCUT2D eigenvalue weighted by Gasteiger charge is 2.10. The molecule has 84 valence electrons. The third-order valence-electron chi connectivity index (χ3n) is 2.58. The van der Waals surface area contributed by atoms with Crippen LogP contribution in [0.25, 0.3) is 0 Å². The third-order valence-corrected chi connectivity index (χ3v) is 3.10. The SMILES string of the molecule is CCc1ccc(CC(O)c2csnn2)cc1. The third kappa shape index (κ3) is 2.65. The number of aromatic nitrogens is 2. The Kier molecular flexibility index (Phi) is 3.64. The van der Waals surface area contributed by atoms with E-state index in [0.717, 1.165) is 12.0 Å². The maximum absolute atomic E-state index is 9.89. The quantitative estimate of drug-likeness (QED) is 0.883. The minimum atomic E-state index is -0.550. The first-order valence-corrected chi connectivity index (χ1v) is 6.16. The number of rotatable bonds is 4. The van der Waals surface area contributed by atoms with Crippen LogP contribution in [0.4, 0.5) is 0 Å². The molecular weight excluding hydrogens is 220 g/mol. The van der Waals surface area contributed by atoms with E-state index in [4.69, 9.17) is 0 Å². The summed E-state index contributed by atoms with van der Waals surface area (Å²) in [7, 11) is 0. The average molecular weight is 234 g/mol. The topological polar surface area (TPSA) is 46.0 Å². The van der Waals surface area contributed by atoms with Crippen LogP contribution in [0.1, 0.15) is 29.8 Å². The molecule has 0 aliphatic carbocycles. The second-order valence-corrected chi connectivity index (χ2v) is 4.33. The predicted molar refractivity (Wildman–Crippen MR) is 64.4 cm³/mol. The first-order valence-electron chi connectivity index (χ1n) is 5.32. The molecule has 2 rings (SSSR count). The molecule has 16 heavy (non-hydrogen) atoms. The monoisotopic (exact) mass is 234 g/mol. The van der Waals surface area contributed by atoms with Gasteiger partial charge in [0.1, 0.15) is 11.8 Å². The van der Waals surface area contributed by atoms with Crippen molar-refractivity contribution in [3.8, 4) is 0 Å². The average Bonchev–Trinajstić information content (AvgIpc) is 2.83. The van der Waals surface area contributed by atoms with Crippen LogP contribution < -0.4 is 0 Å². The van der Waals surface area contributed by atoms with Gasteiger partial charge < -0.3 is 5.11 Å². The van der Waals surface area contributed by atoms with E-state index < -0.39 is 6.10 Å². The van der Waals surface area contributed by atoms with Gasteiger partial charge in [0.15, 0.2) is 0 Å². The Bertz CT molecular complexity index is 425. The van der Waals surface area contributed by atoms with Gasteiger partial charge in [-0.1, -0.05) is 35.7 Å². The zero-order valence-corrected chi connectivity index (χ0v) is 9.94. The van der Waals surface area contributed by atoms with Crippen LogP contribution in [0.3, 0.4) is 0 Å². The molecule has 2 aromatic rings. The van der Waals surface area contributed by atoms with Crippen LogP contribution in [0.2, 0.25) is 0 Å². The molecule has 1 N–H and O–H groups in total. The smallest absolute Gasteiger partial charge is 0.104 e. The summed E-state index contributed by atoms with van der Waals surface area (Å²) in [6.45, 7) is 2.13. The van der Waals surface area contributed by atoms with Crippen LogP contribution in [0, 0.1) is 0 Å². The number of hydrogen-bond donors (Lipinski definition) is 1. The van der Waals surface area contributed by atoms with Gasteiger partial charge in [-0.2, -0.15) is 0 Å². The summed E-state index contributed by atoms with van der Waals surface area (Å²) in [4.78, 5) is 0. The van der Waals surface area contributed by atoms with E-state index >= 15 is 0 Å². The molecule has 0 spiro atoms. The lowest BCUT2D eigenvalue weighted by Gasteiger charge is -2.07. The highest BCUT2D eigenvalue weighted by Crippen LogP contribution is 2.17. The molecule has 1 aromatic heterocycles. The van der Waals surface area contributed by atoms with Crippen LogP contribution in [0.5, 0.6) is 0 Å². The minimum Gasteiger partial charge on any atom is -0.386 e. The van der Waals surface area contributed by atoms with Crippen LogP contribution in [0.15, 0.2) is 29.6 Å². The van der Waals surface area contributed by atoms with Gasteiger partial charge in [-0.15, -0.1) is 5.10 Å². The van der Waals surface area contributed by atoms with Crippen molar-refractivity contribution in [3.63, 3.8) is 0 Å². The maximum Gasteiger partial charge on any atom is 0.104 e. The zero-order valence-electron chi connectivity index (χ0n) is 9.13. The first-order chi connectivity index (χ1) is 7.79. The molecule has 0 fully saturated rings. The molecule has 1 aromatic carbocycles. The highest BCUT2D eigenvalue weighted by atomic mass is 32.1. The molecule has 0 aliphatic heterocycles. The summed E-state index contributed by atoms with van der Waals surface area (Å²) in [6.07, 6.45) is 1.08. The minimum absolute atomic E-state index is 0.550. The van der Waals surface area contributed by atoms with Crippen LogP contribution in [-0.4, -0.2) is 14.7 Å². The van der Waals surface area contributed by atoms with Gasteiger partial charge >= 0.3 is 0 Å². The van der Waals surface area contributed by atoms with Gasteiger partial charge in [0.05, 0.1) is 0 Å². The van der Waals surface area contributed by atoms with E-state index in [1.54, 1.807) is 5.38 Å². The maximum atomic E-state index is 9.89. The van der Waals surface area contributed by atoms with Gasteiger partial charge in [0.25, 0.3) is 0 Å². The molecule has 0 radical (unpaired) electrons. The Balaban J connectivity index is 2.03. The molecule has 3 nitrogen and oxygen atoms in total. The molecule has 0 amide bonds. The Hall–Kier alpha value is -1.26. The van der Waals surface area contributed by atoms with E-state index in [1.807, 2.05) is 0 Å². The Morgan fingerprint density at radius 2 is 1.94 bits per heavy atom. The summed E-state index contributed by atoms with van der Waals surface area (Å²) in [5.74, 6) is 0. The zero-order chi connectivity index (χ0) is 11.4. The Morgan fingerprint density at radius 3 is 2.50 bits per heavy atom. The molecule has 0 aliphatic rings.